The van der Waals surface area contributed by atoms with Gasteiger partial charge in [-0.1, -0.05) is 0 Å². The summed E-state index contributed by atoms with van der Waals surface area (Å²) in [4.78, 5) is 42.6. The highest BCUT2D eigenvalue weighted by Gasteiger charge is 2.75. The second-order valence-electron chi connectivity index (χ2n) is 8.86. The number of primary amides is 1. The molecule has 5 rings (SSSR count). The average Bonchev–Trinajstić information content (AvgIpc) is 3.15. The number of carbonyl (C=O) groups excluding carboxylic acids is 3. The van der Waals surface area contributed by atoms with Crippen LogP contribution in [0.4, 0.5) is 4.79 Å². The van der Waals surface area contributed by atoms with Crippen LogP contribution in [0.2, 0.25) is 0 Å². The number of hydrogen-bond donors (Lipinski definition) is 2. The molecule has 4 heterocycles. The van der Waals surface area contributed by atoms with Crippen LogP contribution in [0, 0.1) is 5.92 Å². The van der Waals surface area contributed by atoms with E-state index in [0.29, 0.717) is 36.5 Å². The number of carbonyl (C=O) groups is 3. The fourth-order valence-electron chi connectivity index (χ4n) is 5.95. The molecular weight excluding hydrogens is 404 g/mol. The van der Waals surface area contributed by atoms with E-state index >= 15 is 0 Å². The summed E-state index contributed by atoms with van der Waals surface area (Å²) in [5, 5.41) is 3.17. The molecule has 0 aromatic carbocycles. The summed E-state index contributed by atoms with van der Waals surface area (Å²) >= 11 is 0. The second kappa shape index (κ2) is 7.04. The molecule has 0 bridgehead atoms. The molecule has 3 saturated heterocycles. The highest BCUT2D eigenvalue weighted by molar-refractivity contribution is 6.25. The smallest absolute Gasteiger partial charge is 0.404 e. The molecule has 4 aliphatic heterocycles. The van der Waals surface area contributed by atoms with Crippen molar-refractivity contribution in [3.05, 3.63) is 22.5 Å². The van der Waals surface area contributed by atoms with Crippen molar-refractivity contribution in [3.8, 4) is 0 Å². The van der Waals surface area contributed by atoms with E-state index < -0.39 is 17.7 Å². The van der Waals surface area contributed by atoms with Gasteiger partial charge in [0.15, 0.2) is 5.72 Å². The van der Waals surface area contributed by atoms with Crippen molar-refractivity contribution in [3.63, 3.8) is 0 Å². The normalized spacial score (nSPS) is 38.4. The first-order valence-corrected chi connectivity index (χ1v) is 10.7. The molecule has 0 radical (unpaired) electrons. The molecule has 1 amide bonds. The van der Waals surface area contributed by atoms with Crippen molar-refractivity contribution in [2.45, 2.75) is 43.7 Å². The molecule has 168 valence electrons. The maximum Gasteiger partial charge on any atom is 0.404 e. The van der Waals surface area contributed by atoms with E-state index in [1.54, 1.807) is 14.0 Å². The second-order valence-corrected chi connectivity index (χ2v) is 8.86. The Morgan fingerprint density at radius 1 is 1.35 bits per heavy atom. The molecule has 0 aromatic heterocycles. The topological polar surface area (TPSA) is 123 Å². The van der Waals surface area contributed by atoms with Crippen LogP contribution in [0.25, 0.3) is 0 Å². The summed E-state index contributed by atoms with van der Waals surface area (Å²) in [6.07, 6.45) is 0.995. The number of hydrogen-bond acceptors (Lipinski definition) is 9. The molecule has 10 heteroatoms. The summed E-state index contributed by atoms with van der Waals surface area (Å²) in [5.41, 5.74) is 5.66. The van der Waals surface area contributed by atoms with Gasteiger partial charge in [-0.25, -0.2) is 4.79 Å². The van der Waals surface area contributed by atoms with Crippen LogP contribution in [-0.4, -0.2) is 91.8 Å². The third kappa shape index (κ3) is 2.71. The number of ketones is 2. The Bertz CT molecular complexity index is 923. The van der Waals surface area contributed by atoms with E-state index in [0.717, 1.165) is 12.8 Å². The average molecular weight is 432 g/mol. The zero-order chi connectivity index (χ0) is 22.1. The fraction of sp³-hybridized carbons (Fsp3) is 0.667. The van der Waals surface area contributed by atoms with Gasteiger partial charge >= 0.3 is 6.09 Å². The van der Waals surface area contributed by atoms with Crippen LogP contribution in [0.3, 0.4) is 0 Å². The fourth-order valence-corrected chi connectivity index (χ4v) is 5.95. The van der Waals surface area contributed by atoms with Crippen molar-refractivity contribution in [1.29, 1.82) is 0 Å². The molecule has 5 aliphatic rings. The molecule has 0 spiro atoms. The third-order valence-corrected chi connectivity index (χ3v) is 7.48. The predicted octanol–water partition coefficient (Wildman–Crippen LogP) is -0.499. The number of methoxy groups -OCH3 is 1. The minimum atomic E-state index is -0.949. The van der Waals surface area contributed by atoms with Crippen LogP contribution in [-0.2, 0) is 23.8 Å². The monoisotopic (exact) mass is 432 g/mol. The van der Waals surface area contributed by atoms with E-state index in [1.165, 1.54) is 0 Å². The third-order valence-electron chi connectivity index (χ3n) is 7.48. The molecule has 3 fully saturated rings. The Kier molecular flexibility index (Phi) is 4.65. The first-order chi connectivity index (χ1) is 14.8. The number of Topliss-reactive ketones (excluding diaryl/α,β-unsaturated/α-hetero) is 2. The van der Waals surface area contributed by atoms with Gasteiger partial charge in [-0.05, 0) is 26.8 Å². The first-order valence-electron chi connectivity index (χ1n) is 10.7. The largest absolute Gasteiger partial charge is 0.449 e. The van der Waals surface area contributed by atoms with Gasteiger partial charge < -0.3 is 30.2 Å². The van der Waals surface area contributed by atoms with Gasteiger partial charge in [0.05, 0.1) is 29.5 Å². The van der Waals surface area contributed by atoms with Crippen LogP contribution in [0.15, 0.2) is 22.5 Å². The number of rotatable bonds is 6. The molecular formula is C21H28N4O6. The van der Waals surface area contributed by atoms with Gasteiger partial charge in [-0.2, -0.15) is 0 Å². The molecule has 0 saturated carbocycles. The molecule has 6 atom stereocenters. The van der Waals surface area contributed by atoms with Crippen molar-refractivity contribution >= 4 is 17.7 Å². The molecule has 3 N–H and O–H groups in total. The summed E-state index contributed by atoms with van der Waals surface area (Å²) in [6.45, 7) is 3.29. The Balaban J connectivity index is 1.51. The van der Waals surface area contributed by atoms with Crippen LogP contribution in [0.5, 0.6) is 0 Å². The molecule has 2 unspecified atom stereocenters. The van der Waals surface area contributed by atoms with E-state index in [2.05, 4.69) is 10.2 Å². The number of ether oxygens (including phenoxy) is 3. The lowest BCUT2D eigenvalue weighted by molar-refractivity contribution is -0.144. The Morgan fingerprint density at radius 2 is 2.13 bits per heavy atom. The van der Waals surface area contributed by atoms with Gasteiger partial charge in [0.2, 0.25) is 11.6 Å². The Hall–Kier alpha value is -2.43. The zero-order valence-corrected chi connectivity index (χ0v) is 18.0. The van der Waals surface area contributed by atoms with Crippen LogP contribution >= 0.6 is 0 Å². The summed E-state index contributed by atoms with van der Waals surface area (Å²) in [7, 11) is 3.56. The lowest BCUT2D eigenvalue weighted by atomic mass is 9.82. The number of nitrogens with zero attached hydrogens (tertiary/aromatic N) is 2. The maximum atomic E-state index is 13.7. The van der Waals surface area contributed by atoms with Gasteiger partial charge in [0, 0.05) is 44.0 Å². The lowest BCUT2D eigenvalue weighted by Crippen LogP contribution is -2.55. The Morgan fingerprint density at radius 3 is 2.77 bits per heavy atom. The van der Waals surface area contributed by atoms with E-state index in [9.17, 15) is 14.4 Å². The summed E-state index contributed by atoms with van der Waals surface area (Å²) < 4.78 is 16.8. The molecule has 1 aliphatic carbocycles. The van der Waals surface area contributed by atoms with Crippen molar-refractivity contribution in [2.75, 3.05) is 40.5 Å². The summed E-state index contributed by atoms with van der Waals surface area (Å²) in [5.74, 6) is -1.07. The number of piperazine rings is 1. The van der Waals surface area contributed by atoms with Gasteiger partial charge in [-0.15, -0.1) is 0 Å². The van der Waals surface area contributed by atoms with E-state index in [-0.39, 0.29) is 42.1 Å². The molecule has 31 heavy (non-hydrogen) atoms. The molecule has 0 aromatic rings. The number of likely N-dealkylation sites (N-methyl/N-ethyl adjacent to an activating group) is 1. The van der Waals surface area contributed by atoms with Crippen molar-refractivity contribution in [2.24, 2.45) is 11.7 Å². The van der Waals surface area contributed by atoms with Crippen LogP contribution < -0.4 is 11.1 Å². The number of fused-ring (bicyclic) bond motifs is 4. The number of nitrogens with two attached hydrogens (primary N) is 1. The van der Waals surface area contributed by atoms with Crippen molar-refractivity contribution in [1.82, 2.24) is 15.1 Å². The van der Waals surface area contributed by atoms with Gasteiger partial charge in [0.1, 0.15) is 6.61 Å². The van der Waals surface area contributed by atoms with Gasteiger partial charge in [0.25, 0.3) is 0 Å². The minimum Gasteiger partial charge on any atom is -0.449 e. The van der Waals surface area contributed by atoms with Crippen molar-refractivity contribution < 1.29 is 28.6 Å². The van der Waals surface area contributed by atoms with E-state index in [1.807, 2.05) is 11.9 Å². The minimum absolute atomic E-state index is 0.00576. The van der Waals surface area contributed by atoms with Crippen LogP contribution in [0.1, 0.15) is 19.8 Å². The summed E-state index contributed by atoms with van der Waals surface area (Å²) in [6, 6.07) is 0.213. The predicted molar refractivity (Wildman–Crippen MR) is 108 cm³/mol. The maximum absolute atomic E-state index is 13.7. The number of amides is 1. The zero-order valence-electron chi connectivity index (χ0n) is 18.0. The number of allylic oxidation sites excluding steroid dienone is 2. The number of nitrogens with one attached hydrogen (secondary N) is 1. The first kappa shape index (κ1) is 20.5. The SMILES string of the molecule is CO[C@]12[C@@H](COC(N)=O)C3=C(C(=O)C(C)=C(NCC4CCCO4)C3=O)N1C[C@@H]1[C@H]2N1C. The van der Waals surface area contributed by atoms with E-state index in [4.69, 9.17) is 19.9 Å². The quantitative estimate of drug-likeness (QED) is 0.422. The molecule has 10 nitrogen and oxygen atoms in total. The standard InChI is InChI=1S/C21H28N4O6/c1-10-15(23-7-11-5-4-6-30-11)18(27)14-12(9-31-20(22)28)21(29-3)19-13(24(19)2)8-25(21)16(14)17(10)26/h11-13,19,23H,4-9H2,1-3H3,(H2,22,28)/t11?,12-,13+,19+,21-,24?/m0/s1. The highest BCUT2D eigenvalue weighted by atomic mass is 16.6. The lowest BCUT2D eigenvalue weighted by Gasteiger charge is -2.40. The Labute approximate surface area is 180 Å². The van der Waals surface area contributed by atoms with Gasteiger partial charge in [-0.3, -0.25) is 14.5 Å². The highest BCUT2D eigenvalue weighted by Crippen LogP contribution is 2.59.